The van der Waals surface area contributed by atoms with Crippen LogP contribution >= 0.6 is 0 Å². The number of hydrogen-bond donors (Lipinski definition) is 3. The molecule has 5 rings (SSSR count). The molecule has 0 bridgehead atoms. The van der Waals surface area contributed by atoms with Crippen molar-refractivity contribution in [3.63, 3.8) is 0 Å². The van der Waals surface area contributed by atoms with Crippen LogP contribution in [-0.4, -0.2) is 36.4 Å². The van der Waals surface area contributed by atoms with E-state index in [2.05, 4.69) is 25.5 Å². The van der Waals surface area contributed by atoms with Gasteiger partial charge >= 0.3 is 0 Å². The van der Waals surface area contributed by atoms with Gasteiger partial charge < -0.3 is 10.4 Å². The molecule has 148 valence electrons. The first kappa shape index (κ1) is 18.0. The number of nitrogens with one attached hydrogen (secondary N) is 2. The first-order chi connectivity index (χ1) is 14.7. The average Bonchev–Trinajstić information content (AvgIpc) is 3.27. The Hall–Kier alpha value is -4.04. The Labute approximate surface area is 170 Å². The summed E-state index contributed by atoms with van der Waals surface area (Å²) in [5, 5.41) is 20.4. The summed E-state index contributed by atoms with van der Waals surface area (Å²) < 4.78 is 1.57. The van der Waals surface area contributed by atoms with Crippen molar-refractivity contribution in [3.8, 4) is 5.69 Å². The molecule has 3 aromatic heterocycles. The van der Waals surface area contributed by atoms with Gasteiger partial charge in [0.1, 0.15) is 5.52 Å². The van der Waals surface area contributed by atoms with Gasteiger partial charge in [-0.15, -0.1) is 0 Å². The lowest BCUT2D eigenvalue weighted by atomic mass is 10.1. The highest BCUT2D eigenvalue weighted by atomic mass is 16.3. The van der Waals surface area contributed by atoms with Gasteiger partial charge in [0.05, 0.1) is 16.5 Å². The molecular formula is C22H18N6O2. The molecular weight excluding hydrogens is 380 g/mol. The van der Waals surface area contributed by atoms with Crippen LogP contribution in [0.15, 0.2) is 71.8 Å². The first-order valence-corrected chi connectivity index (χ1v) is 9.52. The van der Waals surface area contributed by atoms with Gasteiger partial charge in [-0.25, -0.2) is 4.98 Å². The minimum absolute atomic E-state index is 0.110. The molecule has 0 aliphatic heterocycles. The van der Waals surface area contributed by atoms with E-state index in [1.54, 1.807) is 17.0 Å². The van der Waals surface area contributed by atoms with Crippen molar-refractivity contribution in [2.45, 2.75) is 6.42 Å². The smallest absolute Gasteiger partial charge is 0.267 e. The van der Waals surface area contributed by atoms with Crippen LogP contribution in [-0.2, 0) is 6.42 Å². The van der Waals surface area contributed by atoms with Gasteiger partial charge in [0.25, 0.3) is 5.56 Å². The third-order valence-corrected chi connectivity index (χ3v) is 4.93. The summed E-state index contributed by atoms with van der Waals surface area (Å²) in [5.41, 5.74) is 3.39. The van der Waals surface area contributed by atoms with E-state index in [9.17, 15) is 4.79 Å². The maximum atomic E-state index is 13.2. The zero-order valence-corrected chi connectivity index (χ0v) is 15.9. The van der Waals surface area contributed by atoms with E-state index in [1.165, 1.54) is 0 Å². The van der Waals surface area contributed by atoms with E-state index in [4.69, 9.17) is 5.11 Å². The van der Waals surface area contributed by atoms with Crippen molar-refractivity contribution < 1.29 is 5.11 Å². The third kappa shape index (κ3) is 3.09. The predicted molar refractivity (Wildman–Crippen MR) is 115 cm³/mol. The van der Waals surface area contributed by atoms with Crippen LogP contribution in [0.2, 0.25) is 0 Å². The number of nitrogens with zero attached hydrogens (tertiary/aromatic N) is 4. The van der Waals surface area contributed by atoms with Crippen LogP contribution in [0.5, 0.6) is 0 Å². The number of para-hydroxylation sites is 1. The summed E-state index contributed by atoms with van der Waals surface area (Å²) in [6.45, 7) is 0.110. The highest BCUT2D eigenvalue weighted by Gasteiger charge is 2.16. The summed E-state index contributed by atoms with van der Waals surface area (Å²) in [6.07, 6.45) is 3.87. The van der Waals surface area contributed by atoms with Gasteiger partial charge in [-0.2, -0.15) is 10.1 Å². The van der Waals surface area contributed by atoms with Crippen molar-refractivity contribution >= 4 is 33.6 Å². The Kier molecular flexibility index (Phi) is 4.45. The molecule has 30 heavy (non-hydrogen) atoms. The lowest BCUT2D eigenvalue weighted by Crippen LogP contribution is -2.20. The van der Waals surface area contributed by atoms with Crippen molar-refractivity contribution in [3.05, 3.63) is 82.9 Å². The summed E-state index contributed by atoms with van der Waals surface area (Å²) in [7, 11) is 0. The number of fused-ring (bicyclic) bond motifs is 3. The number of aromatic nitrogens is 5. The largest absolute Gasteiger partial charge is 0.396 e. The molecule has 5 aromatic rings. The predicted octanol–water partition coefficient (Wildman–Crippen LogP) is 2.94. The molecule has 0 radical (unpaired) electrons. The van der Waals surface area contributed by atoms with Gasteiger partial charge in [-0.1, -0.05) is 30.3 Å². The van der Waals surface area contributed by atoms with Crippen LogP contribution < -0.4 is 10.9 Å². The van der Waals surface area contributed by atoms with Crippen LogP contribution in [0.1, 0.15) is 5.56 Å². The second kappa shape index (κ2) is 7.41. The van der Waals surface area contributed by atoms with Crippen LogP contribution in [0.25, 0.3) is 27.6 Å². The number of rotatable bonds is 5. The lowest BCUT2D eigenvalue weighted by Gasteiger charge is -2.12. The number of aromatic amines is 1. The van der Waals surface area contributed by atoms with E-state index in [1.807, 2.05) is 54.6 Å². The summed E-state index contributed by atoms with van der Waals surface area (Å²) in [6, 6.07) is 17.1. The monoisotopic (exact) mass is 398 g/mol. The number of aliphatic hydroxyl groups is 1. The molecule has 8 nitrogen and oxygen atoms in total. The molecule has 0 aliphatic rings. The van der Waals surface area contributed by atoms with E-state index in [0.29, 0.717) is 40.0 Å². The number of benzene rings is 2. The number of anilines is 2. The maximum absolute atomic E-state index is 13.2. The maximum Gasteiger partial charge on any atom is 0.267 e. The van der Waals surface area contributed by atoms with E-state index < -0.39 is 0 Å². The highest BCUT2D eigenvalue weighted by molar-refractivity contribution is 6.02. The van der Waals surface area contributed by atoms with Gasteiger partial charge in [0.15, 0.2) is 5.65 Å². The average molecular weight is 398 g/mol. The Morgan fingerprint density at radius 1 is 1.03 bits per heavy atom. The van der Waals surface area contributed by atoms with Crippen LogP contribution in [0, 0.1) is 0 Å². The lowest BCUT2D eigenvalue weighted by molar-refractivity contribution is 0.299. The topological polar surface area (TPSA) is 109 Å². The SMILES string of the molecule is O=c1c2c[nH]nc2c2cnc(Nc3ccc(CCO)cc3)nc2n1-c1ccccc1. The second-order valence-electron chi connectivity index (χ2n) is 6.85. The fourth-order valence-electron chi connectivity index (χ4n) is 3.48. The van der Waals surface area contributed by atoms with E-state index >= 15 is 0 Å². The van der Waals surface area contributed by atoms with Crippen molar-refractivity contribution in [2.24, 2.45) is 0 Å². The van der Waals surface area contributed by atoms with Crippen LogP contribution in [0.3, 0.4) is 0 Å². The first-order valence-electron chi connectivity index (χ1n) is 9.52. The number of aliphatic hydroxyl groups excluding tert-OH is 1. The second-order valence-corrected chi connectivity index (χ2v) is 6.85. The zero-order chi connectivity index (χ0) is 20.5. The molecule has 0 saturated heterocycles. The molecule has 2 aromatic carbocycles. The molecule has 3 N–H and O–H groups in total. The van der Waals surface area contributed by atoms with E-state index in [0.717, 1.165) is 11.3 Å². The number of pyridine rings is 1. The van der Waals surface area contributed by atoms with Crippen molar-refractivity contribution in [2.75, 3.05) is 11.9 Å². The third-order valence-electron chi connectivity index (χ3n) is 4.93. The number of hydrogen-bond acceptors (Lipinski definition) is 6. The summed E-state index contributed by atoms with van der Waals surface area (Å²) in [5.74, 6) is 0.372. The minimum atomic E-state index is -0.199. The summed E-state index contributed by atoms with van der Waals surface area (Å²) >= 11 is 0. The Morgan fingerprint density at radius 2 is 1.83 bits per heavy atom. The van der Waals surface area contributed by atoms with Gasteiger partial charge in [0, 0.05) is 24.7 Å². The van der Waals surface area contributed by atoms with Crippen molar-refractivity contribution in [1.29, 1.82) is 0 Å². The molecule has 0 unspecified atom stereocenters. The van der Waals surface area contributed by atoms with Gasteiger partial charge in [0.2, 0.25) is 5.95 Å². The zero-order valence-electron chi connectivity index (χ0n) is 15.9. The normalized spacial score (nSPS) is 11.2. The Balaban J connectivity index is 1.66. The standard InChI is InChI=1S/C22H18N6O2/c29-11-10-14-6-8-15(9-7-14)25-22-23-12-17-19-18(13-24-27-19)21(30)28(20(17)26-22)16-4-2-1-3-5-16/h1-9,12-13,29H,10-11H2,(H,24,27)(H,23,25,26). The Bertz CT molecular complexity index is 1390. The molecule has 0 amide bonds. The quantitative estimate of drug-likeness (QED) is 0.420. The molecule has 0 saturated carbocycles. The van der Waals surface area contributed by atoms with Crippen molar-refractivity contribution in [1.82, 2.24) is 24.7 Å². The van der Waals surface area contributed by atoms with Gasteiger partial charge in [-0.3, -0.25) is 14.5 Å². The molecule has 8 heteroatoms. The highest BCUT2D eigenvalue weighted by Crippen LogP contribution is 2.23. The number of H-pyrrole nitrogens is 1. The van der Waals surface area contributed by atoms with Crippen LogP contribution in [0.4, 0.5) is 11.6 Å². The summed E-state index contributed by atoms with van der Waals surface area (Å²) in [4.78, 5) is 22.2. The fourth-order valence-corrected chi connectivity index (χ4v) is 3.48. The fraction of sp³-hybridized carbons (Fsp3) is 0.0909. The molecule has 0 aliphatic carbocycles. The van der Waals surface area contributed by atoms with E-state index in [-0.39, 0.29) is 12.2 Å². The molecule has 0 spiro atoms. The Morgan fingerprint density at radius 3 is 2.60 bits per heavy atom. The molecule has 0 atom stereocenters. The molecule has 3 heterocycles. The van der Waals surface area contributed by atoms with Gasteiger partial charge in [-0.05, 0) is 36.2 Å². The minimum Gasteiger partial charge on any atom is -0.396 e. The molecule has 0 fully saturated rings.